The van der Waals surface area contributed by atoms with E-state index in [4.69, 9.17) is 4.74 Å². The van der Waals surface area contributed by atoms with Crippen LogP contribution in [0.5, 0.6) is 5.75 Å². The number of hydrogen-bond acceptors (Lipinski definition) is 5. The number of nitrogens with one attached hydrogen (secondary N) is 1. The number of carbonyl (C=O) groups is 2. The standard InChI is InChI=1S/C26H32N4O3/c1-33-22-7-4-6-20(14-22)24(31)29-13-5-11-26(25(32)28-15-19-9-10-19)18-30(17-21(26)16-29)23-8-2-3-12-27-23/h2-4,6-8,12,14,19,21H,5,9-11,13,15-18H2,1H3,(H,28,32)/t21-,26-/m1/s1. The summed E-state index contributed by atoms with van der Waals surface area (Å²) >= 11 is 0. The number of nitrogens with zero attached hydrogens (tertiary/aromatic N) is 3. The third-order valence-electron chi connectivity index (χ3n) is 7.46. The molecule has 5 rings (SSSR count). The van der Waals surface area contributed by atoms with Crippen molar-refractivity contribution in [2.45, 2.75) is 25.7 Å². The number of anilines is 1. The Hall–Kier alpha value is -3.09. The van der Waals surface area contributed by atoms with E-state index in [0.29, 0.717) is 36.9 Å². The van der Waals surface area contributed by atoms with Crippen molar-refractivity contribution in [1.82, 2.24) is 15.2 Å². The monoisotopic (exact) mass is 448 g/mol. The smallest absolute Gasteiger partial charge is 0.253 e. The first-order valence-corrected chi connectivity index (χ1v) is 12.0. The molecule has 2 saturated heterocycles. The number of methoxy groups -OCH3 is 1. The molecule has 0 spiro atoms. The zero-order chi connectivity index (χ0) is 22.8. The average Bonchev–Trinajstić information content (AvgIpc) is 3.65. The molecule has 7 nitrogen and oxygen atoms in total. The highest BCUT2D eigenvalue weighted by atomic mass is 16.5. The highest BCUT2D eigenvalue weighted by Crippen LogP contribution is 2.44. The van der Waals surface area contributed by atoms with Crippen molar-refractivity contribution in [2.24, 2.45) is 17.3 Å². The van der Waals surface area contributed by atoms with Gasteiger partial charge in [-0.2, -0.15) is 0 Å². The molecule has 1 saturated carbocycles. The molecule has 2 aromatic rings. The van der Waals surface area contributed by atoms with Gasteiger partial charge in [0, 0.05) is 50.4 Å². The van der Waals surface area contributed by atoms with Gasteiger partial charge in [-0.15, -0.1) is 0 Å². The van der Waals surface area contributed by atoms with Gasteiger partial charge >= 0.3 is 0 Å². The molecule has 3 heterocycles. The van der Waals surface area contributed by atoms with E-state index in [1.165, 1.54) is 12.8 Å². The number of amides is 2. The fourth-order valence-electron chi connectivity index (χ4n) is 5.38. The Bertz CT molecular complexity index is 1010. The minimum atomic E-state index is -0.504. The summed E-state index contributed by atoms with van der Waals surface area (Å²) in [6.45, 7) is 3.36. The van der Waals surface area contributed by atoms with Crippen molar-refractivity contribution in [1.29, 1.82) is 0 Å². The molecule has 1 N–H and O–H groups in total. The number of benzene rings is 1. The van der Waals surface area contributed by atoms with Crippen LogP contribution >= 0.6 is 0 Å². The van der Waals surface area contributed by atoms with Gasteiger partial charge in [-0.1, -0.05) is 12.1 Å². The van der Waals surface area contributed by atoms with Crippen LogP contribution in [0.25, 0.3) is 0 Å². The molecule has 2 atom stereocenters. The summed E-state index contributed by atoms with van der Waals surface area (Å²) in [5.74, 6) is 2.40. The van der Waals surface area contributed by atoms with Crippen molar-refractivity contribution in [3.05, 3.63) is 54.2 Å². The summed E-state index contributed by atoms with van der Waals surface area (Å²) in [5.41, 5.74) is 0.120. The molecule has 7 heteroatoms. The van der Waals surface area contributed by atoms with Gasteiger partial charge in [0.1, 0.15) is 11.6 Å². The molecule has 2 aliphatic heterocycles. The van der Waals surface area contributed by atoms with Crippen LogP contribution in [0.1, 0.15) is 36.0 Å². The second-order valence-electron chi connectivity index (χ2n) is 9.66. The Kier molecular flexibility index (Phi) is 5.96. The number of rotatable bonds is 6. The first kappa shape index (κ1) is 21.7. The largest absolute Gasteiger partial charge is 0.497 e. The summed E-state index contributed by atoms with van der Waals surface area (Å²) in [5, 5.41) is 3.26. The number of ether oxygens (including phenoxy) is 1. The van der Waals surface area contributed by atoms with Gasteiger partial charge in [0.05, 0.1) is 12.5 Å². The summed E-state index contributed by atoms with van der Waals surface area (Å²) in [7, 11) is 1.61. The third-order valence-corrected chi connectivity index (χ3v) is 7.46. The first-order chi connectivity index (χ1) is 16.1. The van der Waals surface area contributed by atoms with E-state index in [0.717, 1.165) is 31.7 Å². The summed E-state index contributed by atoms with van der Waals surface area (Å²) < 4.78 is 5.31. The lowest BCUT2D eigenvalue weighted by Gasteiger charge is -2.32. The van der Waals surface area contributed by atoms with Gasteiger partial charge in [-0.25, -0.2) is 4.98 Å². The number of aromatic nitrogens is 1. The number of likely N-dealkylation sites (tertiary alicyclic amines) is 1. The van der Waals surface area contributed by atoms with Crippen LogP contribution in [0, 0.1) is 17.3 Å². The van der Waals surface area contributed by atoms with Gasteiger partial charge < -0.3 is 19.9 Å². The number of fused-ring (bicyclic) bond motifs is 1. The normalized spacial score (nSPS) is 24.7. The molecule has 1 aromatic heterocycles. The van der Waals surface area contributed by atoms with E-state index in [1.807, 2.05) is 41.3 Å². The van der Waals surface area contributed by atoms with E-state index in [9.17, 15) is 9.59 Å². The van der Waals surface area contributed by atoms with Crippen LogP contribution in [-0.2, 0) is 4.79 Å². The van der Waals surface area contributed by atoms with Gasteiger partial charge in [0.15, 0.2) is 0 Å². The van der Waals surface area contributed by atoms with E-state index in [1.54, 1.807) is 19.4 Å². The van der Waals surface area contributed by atoms with E-state index in [-0.39, 0.29) is 17.7 Å². The molecule has 0 radical (unpaired) electrons. The summed E-state index contributed by atoms with van der Waals surface area (Å²) in [4.78, 5) is 35.7. The fourth-order valence-corrected chi connectivity index (χ4v) is 5.38. The molecular formula is C26H32N4O3. The van der Waals surface area contributed by atoms with Crippen LogP contribution in [-0.4, -0.2) is 61.5 Å². The minimum absolute atomic E-state index is 0.000579. The Morgan fingerprint density at radius 1 is 1.18 bits per heavy atom. The molecular weight excluding hydrogens is 416 g/mol. The zero-order valence-electron chi connectivity index (χ0n) is 19.2. The Morgan fingerprint density at radius 2 is 2.06 bits per heavy atom. The molecule has 1 aliphatic carbocycles. The van der Waals surface area contributed by atoms with Crippen LogP contribution in [0.2, 0.25) is 0 Å². The van der Waals surface area contributed by atoms with Crippen molar-refractivity contribution in [3.8, 4) is 5.75 Å². The first-order valence-electron chi connectivity index (χ1n) is 12.0. The molecule has 0 unspecified atom stereocenters. The third kappa shape index (κ3) is 4.41. The molecule has 3 aliphatic rings. The minimum Gasteiger partial charge on any atom is -0.497 e. The maximum absolute atomic E-state index is 13.6. The molecule has 2 amide bonds. The van der Waals surface area contributed by atoms with Crippen LogP contribution < -0.4 is 15.0 Å². The molecule has 1 aromatic carbocycles. The Labute approximate surface area is 195 Å². The van der Waals surface area contributed by atoms with Crippen molar-refractivity contribution < 1.29 is 14.3 Å². The maximum Gasteiger partial charge on any atom is 0.253 e. The number of carbonyl (C=O) groups excluding carboxylic acids is 2. The summed E-state index contributed by atoms with van der Waals surface area (Å²) in [6, 6.07) is 13.2. The molecule has 0 bridgehead atoms. The van der Waals surface area contributed by atoms with E-state index >= 15 is 0 Å². The van der Waals surface area contributed by atoms with Crippen LogP contribution in [0.4, 0.5) is 5.82 Å². The highest BCUT2D eigenvalue weighted by Gasteiger charge is 2.53. The predicted molar refractivity (Wildman–Crippen MR) is 126 cm³/mol. The van der Waals surface area contributed by atoms with Crippen molar-refractivity contribution in [2.75, 3.05) is 44.7 Å². The van der Waals surface area contributed by atoms with Gasteiger partial charge in [0.2, 0.25) is 5.91 Å². The lowest BCUT2D eigenvalue weighted by molar-refractivity contribution is -0.132. The predicted octanol–water partition coefficient (Wildman–Crippen LogP) is 2.98. The fraction of sp³-hybridized carbons (Fsp3) is 0.500. The molecule has 33 heavy (non-hydrogen) atoms. The van der Waals surface area contributed by atoms with E-state index < -0.39 is 5.41 Å². The van der Waals surface area contributed by atoms with Crippen molar-refractivity contribution >= 4 is 17.6 Å². The van der Waals surface area contributed by atoms with Crippen molar-refractivity contribution in [3.63, 3.8) is 0 Å². The Morgan fingerprint density at radius 3 is 2.82 bits per heavy atom. The van der Waals surface area contributed by atoms with Gasteiger partial charge in [-0.3, -0.25) is 9.59 Å². The van der Waals surface area contributed by atoms with Crippen LogP contribution in [0.3, 0.4) is 0 Å². The second kappa shape index (κ2) is 9.04. The van der Waals surface area contributed by atoms with Crippen LogP contribution in [0.15, 0.2) is 48.7 Å². The Balaban J connectivity index is 1.40. The highest BCUT2D eigenvalue weighted by molar-refractivity contribution is 5.95. The maximum atomic E-state index is 13.6. The van der Waals surface area contributed by atoms with E-state index in [2.05, 4.69) is 15.2 Å². The molecule has 3 fully saturated rings. The average molecular weight is 449 g/mol. The quantitative estimate of drug-likeness (QED) is 0.736. The number of pyridine rings is 1. The molecule has 174 valence electrons. The van der Waals surface area contributed by atoms with Gasteiger partial charge in [0.25, 0.3) is 5.91 Å². The lowest BCUT2D eigenvalue weighted by atomic mass is 9.74. The summed E-state index contributed by atoms with van der Waals surface area (Å²) in [6.07, 6.45) is 5.79. The van der Waals surface area contributed by atoms with Gasteiger partial charge in [-0.05, 0) is 61.9 Å². The topological polar surface area (TPSA) is 74.8 Å². The SMILES string of the molecule is COc1cccc(C(=O)N2CCC[C@@]3(C(=O)NCC4CC4)CN(c4ccccn4)C[C@H]3C2)c1. The second-order valence-corrected chi connectivity index (χ2v) is 9.66. The lowest BCUT2D eigenvalue weighted by Crippen LogP contribution is -2.48. The number of hydrogen-bond donors (Lipinski definition) is 1. The zero-order valence-corrected chi connectivity index (χ0v) is 19.2.